The Morgan fingerprint density at radius 3 is 2.72 bits per heavy atom. The number of aryl methyl sites for hydroxylation is 1. The van der Waals surface area contributed by atoms with E-state index in [1.54, 1.807) is 6.20 Å². The van der Waals surface area contributed by atoms with E-state index in [0.717, 1.165) is 60.1 Å². The van der Waals surface area contributed by atoms with Crippen molar-refractivity contribution in [3.63, 3.8) is 0 Å². The summed E-state index contributed by atoms with van der Waals surface area (Å²) in [5.41, 5.74) is 4.15. The molecule has 1 saturated heterocycles. The van der Waals surface area contributed by atoms with Crippen LogP contribution in [0.1, 0.15) is 18.5 Å². The highest BCUT2D eigenvalue weighted by molar-refractivity contribution is 5.84. The molecule has 1 fully saturated rings. The van der Waals surface area contributed by atoms with Crippen LogP contribution in [0.4, 0.5) is 23.1 Å². The van der Waals surface area contributed by atoms with E-state index in [1.165, 1.54) is 5.39 Å². The topological polar surface area (TPSA) is 78.1 Å². The molecule has 0 bridgehead atoms. The van der Waals surface area contributed by atoms with Crippen LogP contribution in [-0.4, -0.2) is 46.1 Å². The number of likely N-dealkylation sites (tertiary alicyclic amines) is 1. The molecule has 5 rings (SSSR count). The van der Waals surface area contributed by atoms with Gasteiger partial charge in [-0.15, -0.1) is 0 Å². The van der Waals surface area contributed by atoms with Gasteiger partial charge in [-0.2, -0.15) is 4.98 Å². The van der Waals surface area contributed by atoms with Crippen LogP contribution in [0.25, 0.3) is 10.9 Å². The quantitative estimate of drug-likeness (QED) is 0.390. The standard InChI is InChI=1S/C25H28N6O/c1-17-14-18-15-20(6-7-23(18)27-17)28-24-8-11-26-25(30-24)29-19-4-3-5-22(16-19)32-21-9-12-31(2)13-10-21/h3-8,11,14-16,21,27H,9-10,12-13H2,1-2H3,(H2,26,28,29,30). The van der Waals surface area contributed by atoms with E-state index in [2.05, 4.69) is 62.7 Å². The zero-order chi connectivity index (χ0) is 21.9. The Labute approximate surface area is 187 Å². The number of nitrogens with one attached hydrogen (secondary N) is 3. The number of H-pyrrole nitrogens is 1. The largest absolute Gasteiger partial charge is 0.490 e. The number of fused-ring (bicyclic) bond motifs is 1. The van der Waals surface area contributed by atoms with Crippen LogP contribution >= 0.6 is 0 Å². The van der Waals surface area contributed by atoms with Gasteiger partial charge in [0.15, 0.2) is 0 Å². The molecule has 1 aliphatic heterocycles. The minimum atomic E-state index is 0.270. The number of nitrogens with zero attached hydrogens (tertiary/aromatic N) is 3. The number of aromatic nitrogens is 3. The van der Waals surface area contributed by atoms with Gasteiger partial charge in [0.1, 0.15) is 17.7 Å². The number of piperidine rings is 1. The first kappa shape index (κ1) is 20.3. The zero-order valence-corrected chi connectivity index (χ0v) is 18.4. The van der Waals surface area contributed by atoms with Crippen LogP contribution in [0.2, 0.25) is 0 Å². The molecule has 7 nitrogen and oxygen atoms in total. The second-order valence-corrected chi connectivity index (χ2v) is 8.42. The second-order valence-electron chi connectivity index (χ2n) is 8.42. The lowest BCUT2D eigenvalue weighted by atomic mass is 10.1. The summed E-state index contributed by atoms with van der Waals surface area (Å²) in [6.07, 6.45) is 4.12. The lowest BCUT2D eigenvalue weighted by Gasteiger charge is -2.29. The molecule has 164 valence electrons. The minimum absolute atomic E-state index is 0.270. The summed E-state index contributed by atoms with van der Waals surface area (Å²) in [7, 11) is 2.16. The predicted octanol–water partition coefficient (Wildman–Crippen LogP) is 5.23. The first-order valence-corrected chi connectivity index (χ1v) is 11.0. The molecule has 0 atom stereocenters. The summed E-state index contributed by atoms with van der Waals surface area (Å²) in [4.78, 5) is 14.7. The summed E-state index contributed by atoms with van der Waals surface area (Å²) < 4.78 is 6.20. The van der Waals surface area contributed by atoms with E-state index >= 15 is 0 Å². The van der Waals surface area contributed by atoms with Gasteiger partial charge in [-0.25, -0.2) is 4.98 Å². The van der Waals surface area contributed by atoms with E-state index in [9.17, 15) is 0 Å². The molecule has 2 aromatic carbocycles. The van der Waals surface area contributed by atoms with E-state index in [0.29, 0.717) is 5.95 Å². The monoisotopic (exact) mass is 428 g/mol. The maximum Gasteiger partial charge on any atom is 0.229 e. The Hall–Kier alpha value is -3.58. The molecular weight excluding hydrogens is 400 g/mol. The van der Waals surface area contributed by atoms with E-state index in [-0.39, 0.29) is 6.10 Å². The lowest BCUT2D eigenvalue weighted by molar-refractivity contribution is 0.114. The maximum absolute atomic E-state index is 6.20. The Morgan fingerprint density at radius 1 is 1.00 bits per heavy atom. The van der Waals surface area contributed by atoms with Gasteiger partial charge in [-0.05, 0) is 69.3 Å². The second kappa shape index (κ2) is 8.88. The van der Waals surface area contributed by atoms with Gasteiger partial charge < -0.3 is 25.3 Å². The van der Waals surface area contributed by atoms with Gasteiger partial charge in [0.2, 0.25) is 5.95 Å². The molecule has 3 heterocycles. The number of rotatable bonds is 6. The van der Waals surface area contributed by atoms with Gasteiger partial charge >= 0.3 is 0 Å². The average molecular weight is 429 g/mol. The van der Waals surface area contributed by atoms with Crippen molar-refractivity contribution in [3.05, 3.63) is 66.5 Å². The first-order valence-electron chi connectivity index (χ1n) is 11.0. The van der Waals surface area contributed by atoms with Crippen LogP contribution < -0.4 is 15.4 Å². The number of benzene rings is 2. The third kappa shape index (κ3) is 4.84. The van der Waals surface area contributed by atoms with Gasteiger partial charge in [0.05, 0.1) is 0 Å². The van der Waals surface area contributed by atoms with Crippen molar-refractivity contribution in [1.82, 2.24) is 19.9 Å². The van der Waals surface area contributed by atoms with Gasteiger partial charge in [-0.1, -0.05) is 6.07 Å². The normalized spacial score (nSPS) is 15.1. The Balaban J connectivity index is 1.26. The molecule has 0 amide bonds. The molecule has 4 aromatic rings. The fourth-order valence-corrected chi connectivity index (χ4v) is 4.06. The lowest BCUT2D eigenvalue weighted by Crippen LogP contribution is -2.35. The molecule has 3 N–H and O–H groups in total. The van der Waals surface area contributed by atoms with Gasteiger partial charge in [0, 0.05) is 53.3 Å². The van der Waals surface area contributed by atoms with Crippen molar-refractivity contribution in [2.24, 2.45) is 0 Å². The summed E-state index contributed by atoms with van der Waals surface area (Å²) >= 11 is 0. The SMILES string of the molecule is Cc1cc2cc(Nc3ccnc(Nc4cccc(OC5CCN(C)CC5)c4)n3)ccc2[nH]1. The fraction of sp³-hybridized carbons (Fsp3) is 0.280. The van der Waals surface area contributed by atoms with Crippen LogP contribution in [-0.2, 0) is 0 Å². The molecule has 7 heteroatoms. The molecular formula is C25H28N6O. The van der Waals surface area contributed by atoms with Crippen molar-refractivity contribution in [2.75, 3.05) is 30.8 Å². The number of hydrogen-bond acceptors (Lipinski definition) is 6. The third-order valence-electron chi connectivity index (χ3n) is 5.74. The van der Waals surface area contributed by atoms with Gasteiger partial charge in [-0.3, -0.25) is 0 Å². The third-order valence-corrected chi connectivity index (χ3v) is 5.74. The minimum Gasteiger partial charge on any atom is -0.490 e. The van der Waals surface area contributed by atoms with E-state index in [4.69, 9.17) is 4.74 Å². The summed E-state index contributed by atoms with van der Waals surface area (Å²) in [6.45, 7) is 4.21. The Kier molecular flexibility index (Phi) is 5.64. The maximum atomic E-state index is 6.20. The highest BCUT2D eigenvalue weighted by Crippen LogP contribution is 2.25. The number of aromatic amines is 1. The molecule has 1 aliphatic rings. The van der Waals surface area contributed by atoms with Crippen molar-refractivity contribution < 1.29 is 4.74 Å². The summed E-state index contributed by atoms with van der Waals surface area (Å²) in [5.74, 6) is 2.13. The highest BCUT2D eigenvalue weighted by atomic mass is 16.5. The molecule has 32 heavy (non-hydrogen) atoms. The predicted molar refractivity (Wildman–Crippen MR) is 129 cm³/mol. The van der Waals surface area contributed by atoms with Gasteiger partial charge in [0.25, 0.3) is 0 Å². The fourth-order valence-electron chi connectivity index (χ4n) is 4.06. The Morgan fingerprint density at radius 2 is 1.84 bits per heavy atom. The molecule has 0 spiro atoms. The highest BCUT2D eigenvalue weighted by Gasteiger charge is 2.18. The molecule has 0 aliphatic carbocycles. The number of anilines is 4. The molecule has 0 unspecified atom stereocenters. The molecule has 0 saturated carbocycles. The van der Waals surface area contributed by atoms with E-state index in [1.807, 2.05) is 36.4 Å². The van der Waals surface area contributed by atoms with E-state index < -0.39 is 0 Å². The van der Waals surface area contributed by atoms with Crippen LogP contribution in [0, 0.1) is 6.92 Å². The number of hydrogen-bond donors (Lipinski definition) is 3. The Bertz CT molecular complexity index is 1210. The van der Waals surface area contributed by atoms with Crippen molar-refractivity contribution in [1.29, 1.82) is 0 Å². The summed E-state index contributed by atoms with van der Waals surface area (Å²) in [6, 6.07) is 18.2. The smallest absolute Gasteiger partial charge is 0.229 e. The van der Waals surface area contributed by atoms with Crippen LogP contribution in [0.3, 0.4) is 0 Å². The van der Waals surface area contributed by atoms with Crippen molar-refractivity contribution in [2.45, 2.75) is 25.9 Å². The van der Waals surface area contributed by atoms with Crippen molar-refractivity contribution in [3.8, 4) is 5.75 Å². The number of ether oxygens (including phenoxy) is 1. The molecule has 2 aromatic heterocycles. The van der Waals surface area contributed by atoms with Crippen LogP contribution in [0.15, 0.2) is 60.8 Å². The van der Waals surface area contributed by atoms with Crippen molar-refractivity contribution >= 4 is 34.0 Å². The summed E-state index contributed by atoms with van der Waals surface area (Å²) in [5, 5.41) is 7.83. The molecule has 0 radical (unpaired) electrons. The zero-order valence-electron chi connectivity index (χ0n) is 18.4. The van der Waals surface area contributed by atoms with Crippen LogP contribution in [0.5, 0.6) is 5.75 Å². The first-order chi connectivity index (χ1) is 15.6. The average Bonchev–Trinajstić information content (AvgIpc) is 3.15.